The summed E-state index contributed by atoms with van der Waals surface area (Å²) in [6.07, 6.45) is -3.14. The van der Waals surface area contributed by atoms with Crippen LogP contribution < -0.4 is 10.1 Å². The molecular formula is C19H12F5N5O2S. The first kappa shape index (κ1) is 20.5. The second kappa shape index (κ2) is 7.36. The van der Waals surface area contributed by atoms with Crippen LogP contribution in [-0.4, -0.2) is 32.1 Å². The standard InChI is InChI=1S/C19H12F5N5O2S/c20-17(21)31-9-3-4-10-13(5-9)32-18(26-10)27-16(30)12-7-15-25-11(8-1-2-8)6-14(19(22,23)24)29(15)28-12/h3-8,17H,1-2H2,(H,26,27,30). The molecule has 3 heterocycles. The van der Waals surface area contributed by atoms with Crippen molar-refractivity contribution in [3.05, 3.63) is 47.4 Å². The first-order valence-corrected chi connectivity index (χ1v) is 10.1. The van der Waals surface area contributed by atoms with Gasteiger partial charge in [-0.1, -0.05) is 11.3 Å². The van der Waals surface area contributed by atoms with Crippen LogP contribution in [0.5, 0.6) is 5.75 Å². The molecule has 1 aromatic carbocycles. The molecule has 0 unspecified atom stereocenters. The number of rotatable bonds is 5. The maximum Gasteiger partial charge on any atom is 0.433 e. The van der Waals surface area contributed by atoms with Crippen molar-refractivity contribution >= 4 is 38.2 Å². The van der Waals surface area contributed by atoms with E-state index in [1.165, 1.54) is 24.3 Å². The number of aromatic nitrogens is 4. The zero-order chi connectivity index (χ0) is 22.6. The smallest absolute Gasteiger partial charge is 0.433 e. The molecular weight excluding hydrogens is 457 g/mol. The normalized spacial score (nSPS) is 14.4. The molecule has 0 atom stereocenters. The van der Waals surface area contributed by atoms with Crippen LogP contribution in [-0.2, 0) is 6.18 Å². The molecule has 0 radical (unpaired) electrons. The van der Waals surface area contributed by atoms with E-state index in [1.54, 1.807) is 0 Å². The van der Waals surface area contributed by atoms with Crippen molar-refractivity contribution in [2.75, 3.05) is 5.32 Å². The second-order valence-corrected chi connectivity index (χ2v) is 8.15. The molecule has 13 heteroatoms. The minimum Gasteiger partial charge on any atom is -0.435 e. The van der Waals surface area contributed by atoms with Crippen LogP contribution in [0.4, 0.5) is 27.1 Å². The van der Waals surface area contributed by atoms with Gasteiger partial charge >= 0.3 is 12.8 Å². The van der Waals surface area contributed by atoms with Crippen LogP contribution in [0, 0.1) is 0 Å². The lowest BCUT2D eigenvalue weighted by Gasteiger charge is -2.10. The third kappa shape index (κ3) is 3.95. The van der Waals surface area contributed by atoms with Crippen LogP contribution in [0.3, 0.4) is 0 Å². The van der Waals surface area contributed by atoms with Gasteiger partial charge in [-0.05, 0) is 37.1 Å². The summed E-state index contributed by atoms with van der Waals surface area (Å²) in [7, 11) is 0. The lowest BCUT2D eigenvalue weighted by atomic mass is 10.2. The van der Waals surface area contributed by atoms with Gasteiger partial charge in [0.2, 0.25) is 0 Å². The average molecular weight is 469 g/mol. The van der Waals surface area contributed by atoms with Crippen molar-refractivity contribution in [1.29, 1.82) is 0 Å². The summed E-state index contributed by atoms with van der Waals surface area (Å²) >= 11 is 0.992. The fourth-order valence-corrected chi connectivity index (χ4v) is 4.08. The summed E-state index contributed by atoms with van der Waals surface area (Å²) in [5.74, 6) is -0.860. The predicted octanol–water partition coefficient (Wildman–Crippen LogP) is 5.09. The molecule has 1 N–H and O–H groups in total. The zero-order valence-corrected chi connectivity index (χ0v) is 16.7. The number of fused-ring (bicyclic) bond motifs is 2. The highest BCUT2D eigenvalue weighted by atomic mass is 32.1. The van der Waals surface area contributed by atoms with Crippen molar-refractivity contribution in [1.82, 2.24) is 19.6 Å². The van der Waals surface area contributed by atoms with Gasteiger partial charge in [-0.2, -0.15) is 27.1 Å². The van der Waals surface area contributed by atoms with E-state index >= 15 is 0 Å². The Labute approximate surface area is 179 Å². The van der Waals surface area contributed by atoms with Gasteiger partial charge < -0.3 is 4.74 Å². The maximum absolute atomic E-state index is 13.5. The second-order valence-electron chi connectivity index (χ2n) is 7.12. The summed E-state index contributed by atoms with van der Waals surface area (Å²) < 4.78 is 70.7. The Morgan fingerprint density at radius 1 is 1.19 bits per heavy atom. The Morgan fingerprint density at radius 2 is 1.97 bits per heavy atom. The number of anilines is 1. The van der Waals surface area contributed by atoms with Crippen molar-refractivity contribution < 1.29 is 31.5 Å². The Balaban J connectivity index is 1.44. The number of nitrogens with one attached hydrogen (secondary N) is 1. The van der Waals surface area contributed by atoms with Gasteiger partial charge in [-0.3, -0.25) is 10.1 Å². The SMILES string of the molecule is O=C(Nc1nc2ccc(OC(F)F)cc2s1)c1cc2nc(C3CC3)cc(C(F)(F)F)n2n1. The Morgan fingerprint density at radius 3 is 2.66 bits per heavy atom. The summed E-state index contributed by atoms with van der Waals surface area (Å²) in [5.41, 5.74) is -0.599. The Bertz CT molecular complexity index is 1350. The first-order valence-electron chi connectivity index (χ1n) is 9.32. The summed E-state index contributed by atoms with van der Waals surface area (Å²) in [6, 6.07) is 6.25. The van der Waals surface area contributed by atoms with Gasteiger partial charge in [0.1, 0.15) is 11.4 Å². The van der Waals surface area contributed by atoms with Crippen molar-refractivity contribution in [3.63, 3.8) is 0 Å². The number of halogens is 5. The first-order chi connectivity index (χ1) is 15.2. The lowest BCUT2D eigenvalue weighted by molar-refractivity contribution is -0.142. The number of hydrogen-bond donors (Lipinski definition) is 1. The minimum atomic E-state index is -4.67. The molecule has 166 valence electrons. The number of carbonyl (C=O) groups excluding carboxylic acids is 1. The molecule has 0 spiro atoms. The maximum atomic E-state index is 13.5. The van der Waals surface area contributed by atoms with Gasteiger partial charge in [0.15, 0.2) is 16.5 Å². The Kier molecular flexibility index (Phi) is 4.73. The summed E-state index contributed by atoms with van der Waals surface area (Å²) in [5, 5.41) is 6.39. The van der Waals surface area contributed by atoms with Gasteiger partial charge in [0, 0.05) is 17.7 Å². The molecule has 4 aromatic rings. The molecule has 0 saturated heterocycles. The third-order valence-corrected chi connectivity index (χ3v) is 5.70. The quantitative estimate of drug-likeness (QED) is 0.412. The van der Waals surface area contributed by atoms with Crippen molar-refractivity contribution in [2.24, 2.45) is 0 Å². The van der Waals surface area contributed by atoms with E-state index in [9.17, 15) is 26.7 Å². The highest BCUT2D eigenvalue weighted by Gasteiger charge is 2.37. The van der Waals surface area contributed by atoms with Gasteiger partial charge in [0.05, 0.1) is 10.2 Å². The fourth-order valence-electron chi connectivity index (χ4n) is 3.19. The number of ether oxygens (including phenoxy) is 1. The van der Waals surface area contributed by atoms with Gasteiger partial charge in [-0.15, -0.1) is 0 Å². The van der Waals surface area contributed by atoms with Crippen LogP contribution in [0.25, 0.3) is 15.9 Å². The molecule has 0 aliphatic heterocycles. The average Bonchev–Trinajstić information content (AvgIpc) is 3.34. The van der Waals surface area contributed by atoms with Crippen LogP contribution >= 0.6 is 11.3 Å². The molecule has 1 aliphatic rings. The molecule has 3 aromatic heterocycles. The molecule has 5 rings (SSSR count). The van der Waals surface area contributed by atoms with Gasteiger partial charge in [-0.25, -0.2) is 14.5 Å². The molecule has 1 saturated carbocycles. The van der Waals surface area contributed by atoms with E-state index < -0.39 is 24.4 Å². The zero-order valence-electron chi connectivity index (χ0n) is 15.9. The molecule has 1 fully saturated rings. The third-order valence-electron chi connectivity index (χ3n) is 4.77. The summed E-state index contributed by atoms with van der Waals surface area (Å²) in [6.45, 7) is -2.98. The van der Waals surface area contributed by atoms with Crippen LogP contribution in [0.2, 0.25) is 0 Å². The molecule has 7 nitrogen and oxygen atoms in total. The lowest BCUT2D eigenvalue weighted by Crippen LogP contribution is -2.16. The molecule has 0 bridgehead atoms. The number of amides is 1. The number of alkyl halides is 5. The number of hydrogen-bond acceptors (Lipinski definition) is 6. The van der Waals surface area contributed by atoms with Crippen molar-refractivity contribution in [2.45, 2.75) is 31.5 Å². The van der Waals surface area contributed by atoms with Gasteiger partial charge in [0.25, 0.3) is 5.91 Å². The van der Waals surface area contributed by atoms with E-state index in [0.717, 1.165) is 30.2 Å². The number of nitrogens with zero attached hydrogens (tertiary/aromatic N) is 4. The number of carbonyl (C=O) groups is 1. The molecule has 32 heavy (non-hydrogen) atoms. The topological polar surface area (TPSA) is 81.4 Å². The monoisotopic (exact) mass is 469 g/mol. The highest BCUT2D eigenvalue weighted by Crippen LogP contribution is 2.41. The Hall–Kier alpha value is -3.35. The number of thiazole rings is 1. The minimum absolute atomic E-state index is 0.0185. The van der Waals surface area contributed by atoms with E-state index in [4.69, 9.17) is 0 Å². The largest absolute Gasteiger partial charge is 0.435 e. The van der Waals surface area contributed by atoms with E-state index in [-0.39, 0.29) is 28.1 Å². The summed E-state index contributed by atoms with van der Waals surface area (Å²) in [4.78, 5) is 21.0. The predicted molar refractivity (Wildman–Crippen MR) is 104 cm³/mol. The van der Waals surface area contributed by atoms with E-state index in [0.29, 0.717) is 20.4 Å². The van der Waals surface area contributed by atoms with Crippen molar-refractivity contribution in [3.8, 4) is 5.75 Å². The van der Waals surface area contributed by atoms with E-state index in [2.05, 4.69) is 25.1 Å². The van der Waals surface area contributed by atoms with Crippen LogP contribution in [0.1, 0.15) is 40.6 Å². The number of benzene rings is 1. The highest BCUT2D eigenvalue weighted by molar-refractivity contribution is 7.22. The molecule has 1 amide bonds. The fraction of sp³-hybridized carbons (Fsp3) is 0.263. The molecule has 1 aliphatic carbocycles. The van der Waals surface area contributed by atoms with Crippen LogP contribution in [0.15, 0.2) is 30.3 Å². The van der Waals surface area contributed by atoms with E-state index in [1.807, 2.05) is 0 Å².